The van der Waals surface area contributed by atoms with Gasteiger partial charge < -0.3 is 0 Å². The maximum absolute atomic E-state index is 6.60. The molecule has 0 radical (unpaired) electrons. The van der Waals surface area contributed by atoms with Gasteiger partial charge in [-0.3, -0.25) is 0 Å². The molecule has 0 bridgehead atoms. The first kappa shape index (κ1) is 14.0. The summed E-state index contributed by atoms with van der Waals surface area (Å²) in [5.74, 6) is 0. The van der Waals surface area contributed by atoms with Crippen LogP contribution in [0.15, 0.2) is 24.3 Å². The Balaban J connectivity index is 2.04. The first-order valence-corrected chi connectivity index (χ1v) is 8.23. The minimum absolute atomic E-state index is 0.705. The molecule has 1 aliphatic rings. The van der Waals surface area contributed by atoms with Gasteiger partial charge in [-0.15, -0.1) is 0 Å². The molecule has 0 unspecified atom stereocenters. The number of halogens is 2. The first-order chi connectivity index (χ1) is 10.6. The maximum Gasteiger partial charge on any atom is 0.165 e. The molecule has 0 fully saturated rings. The molecular formula is C17H15Cl2N3. The predicted octanol–water partition coefficient (Wildman–Crippen LogP) is 4.89. The van der Waals surface area contributed by atoms with Crippen LogP contribution in [0.5, 0.6) is 0 Å². The van der Waals surface area contributed by atoms with Crippen LogP contribution in [-0.2, 0) is 12.8 Å². The topological polar surface area (TPSA) is 30.2 Å². The lowest BCUT2D eigenvalue weighted by Gasteiger charge is -2.16. The van der Waals surface area contributed by atoms with Crippen LogP contribution >= 0.6 is 23.2 Å². The normalized spacial score (nSPS) is 14.3. The molecule has 2 aromatic heterocycles. The number of rotatable bonds is 1. The third-order valence-corrected chi connectivity index (χ3v) is 4.89. The lowest BCUT2D eigenvalue weighted by molar-refractivity contribution is 0.660. The van der Waals surface area contributed by atoms with Crippen molar-refractivity contribution < 1.29 is 0 Å². The molecule has 22 heavy (non-hydrogen) atoms. The largest absolute Gasteiger partial charge is 0.233 e. The third-order valence-electron chi connectivity index (χ3n) is 4.26. The third kappa shape index (κ3) is 2.11. The SMILES string of the molecule is Cc1nn2c(Cl)c3c(nc2c1-c1cccc(Cl)c1)CCCC3. The van der Waals surface area contributed by atoms with Crippen LogP contribution < -0.4 is 0 Å². The van der Waals surface area contributed by atoms with E-state index >= 15 is 0 Å². The van der Waals surface area contributed by atoms with Gasteiger partial charge in [-0.1, -0.05) is 35.3 Å². The second kappa shape index (κ2) is 5.25. The molecule has 3 nitrogen and oxygen atoms in total. The number of fused-ring (bicyclic) bond motifs is 2. The van der Waals surface area contributed by atoms with E-state index in [0.717, 1.165) is 46.6 Å². The van der Waals surface area contributed by atoms with E-state index in [4.69, 9.17) is 28.2 Å². The Morgan fingerprint density at radius 2 is 1.95 bits per heavy atom. The molecule has 1 aromatic carbocycles. The Bertz CT molecular complexity index is 883. The summed E-state index contributed by atoms with van der Waals surface area (Å²) in [5.41, 5.74) is 6.05. The van der Waals surface area contributed by atoms with Gasteiger partial charge in [-0.05, 0) is 50.3 Å². The quantitative estimate of drug-likeness (QED) is 0.594. The molecule has 0 spiro atoms. The molecule has 2 heterocycles. The molecule has 3 aromatic rings. The fourth-order valence-corrected chi connectivity index (χ4v) is 3.74. The van der Waals surface area contributed by atoms with Crippen LogP contribution in [0.2, 0.25) is 10.2 Å². The van der Waals surface area contributed by atoms with E-state index < -0.39 is 0 Å². The molecule has 0 N–H and O–H groups in total. The number of aromatic nitrogens is 3. The van der Waals surface area contributed by atoms with E-state index in [-0.39, 0.29) is 0 Å². The lowest BCUT2D eigenvalue weighted by Crippen LogP contribution is -2.10. The molecule has 112 valence electrons. The highest BCUT2D eigenvalue weighted by Crippen LogP contribution is 2.34. The number of nitrogens with zero attached hydrogens (tertiary/aromatic N) is 3. The zero-order chi connectivity index (χ0) is 15.3. The van der Waals surface area contributed by atoms with Gasteiger partial charge in [-0.25, -0.2) is 9.50 Å². The molecule has 0 amide bonds. The van der Waals surface area contributed by atoms with Gasteiger partial charge in [0.2, 0.25) is 0 Å². The molecular weight excluding hydrogens is 317 g/mol. The van der Waals surface area contributed by atoms with Gasteiger partial charge in [0.15, 0.2) is 5.65 Å². The predicted molar refractivity (Wildman–Crippen MR) is 89.8 cm³/mol. The van der Waals surface area contributed by atoms with Gasteiger partial charge in [0.05, 0.1) is 5.69 Å². The minimum Gasteiger partial charge on any atom is -0.233 e. The molecule has 5 heteroatoms. The molecule has 1 aliphatic carbocycles. The number of hydrogen-bond donors (Lipinski definition) is 0. The molecule has 4 rings (SSSR count). The summed E-state index contributed by atoms with van der Waals surface area (Å²) in [6.45, 7) is 1.99. The second-order valence-corrected chi connectivity index (χ2v) is 6.54. The van der Waals surface area contributed by atoms with Crippen LogP contribution in [0.4, 0.5) is 0 Å². The Morgan fingerprint density at radius 3 is 2.77 bits per heavy atom. The molecule has 0 saturated heterocycles. The van der Waals surface area contributed by atoms with Crippen LogP contribution in [0.3, 0.4) is 0 Å². The van der Waals surface area contributed by atoms with Crippen molar-refractivity contribution in [2.24, 2.45) is 0 Å². The fraction of sp³-hybridized carbons (Fsp3) is 0.294. The molecule has 0 atom stereocenters. The van der Waals surface area contributed by atoms with Crippen molar-refractivity contribution in [3.05, 3.63) is 51.4 Å². The van der Waals surface area contributed by atoms with Gasteiger partial charge in [0.25, 0.3) is 0 Å². The van der Waals surface area contributed by atoms with Gasteiger partial charge >= 0.3 is 0 Å². The van der Waals surface area contributed by atoms with Crippen LogP contribution in [0, 0.1) is 6.92 Å². The summed E-state index contributed by atoms with van der Waals surface area (Å²) < 4.78 is 1.78. The summed E-state index contributed by atoms with van der Waals surface area (Å²) in [4.78, 5) is 4.88. The smallest absolute Gasteiger partial charge is 0.165 e. The highest BCUT2D eigenvalue weighted by molar-refractivity contribution is 6.31. The van der Waals surface area contributed by atoms with Crippen LogP contribution in [0.25, 0.3) is 16.8 Å². The molecule has 0 aliphatic heterocycles. The van der Waals surface area contributed by atoms with Gasteiger partial charge in [0, 0.05) is 21.8 Å². The van der Waals surface area contributed by atoms with E-state index in [1.54, 1.807) is 4.52 Å². The second-order valence-electron chi connectivity index (χ2n) is 5.74. The van der Waals surface area contributed by atoms with Gasteiger partial charge in [-0.2, -0.15) is 5.10 Å². The average Bonchev–Trinajstić information content (AvgIpc) is 2.84. The standard InChI is InChI=1S/C17H15Cl2N3/c1-10-15(11-5-4-6-12(18)9-11)17-20-14-8-3-2-7-13(14)16(19)22(17)21-10/h4-6,9H,2-3,7-8H2,1H3. The van der Waals surface area contributed by atoms with Crippen molar-refractivity contribution in [2.45, 2.75) is 32.6 Å². The van der Waals surface area contributed by atoms with Crippen molar-refractivity contribution in [3.8, 4) is 11.1 Å². The maximum atomic E-state index is 6.60. The number of benzene rings is 1. The Morgan fingerprint density at radius 1 is 1.14 bits per heavy atom. The Hall–Kier alpha value is -1.58. The fourth-order valence-electron chi connectivity index (χ4n) is 3.23. The van der Waals surface area contributed by atoms with Crippen molar-refractivity contribution in [1.29, 1.82) is 0 Å². The number of aryl methyl sites for hydroxylation is 2. The first-order valence-electron chi connectivity index (χ1n) is 7.47. The monoisotopic (exact) mass is 331 g/mol. The zero-order valence-corrected chi connectivity index (χ0v) is 13.7. The zero-order valence-electron chi connectivity index (χ0n) is 12.2. The Labute approximate surface area is 138 Å². The van der Waals surface area contributed by atoms with Crippen LogP contribution in [0.1, 0.15) is 29.8 Å². The van der Waals surface area contributed by atoms with Crippen molar-refractivity contribution in [2.75, 3.05) is 0 Å². The molecule has 0 saturated carbocycles. The average molecular weight is 332 g/mol. The Kier molecular flexibility index (Phi) is 3.35. The number of hydrogen-bond acceptors (Lipinski definition) is 2. The van der Waals surface area contributed by atoms with Crippen LogP contribution in [-0.4, -0.2) is 14.6 Å². The lowest BCUT2D eigenvalue weighted by atomic mass is 9.97. The summed E-state index contributed by atoms with van der Waals surface area (Å²) in [6.07, 6.45) is 4.32. The van der Waals surface area contributed by atoms with Crippen molar-refractivity contribution >= 4 is 28.8 Å². The van der Waals surface area contributed by atoms with Crippen molar-refractivity contribution in [1.82, 2.24) is 14.6 Å². The van der Waals surface area contributed by atoms with E-state index in [1.807, 2.05) is 31.2 Å². The minimum atomic E-state index is 0.705. The van der Waals surface area contributed by atoms with E-state index in [1.165, 1.54) is 12.8 Å². The summed E-state index contributed by atoms with van der Waals surface area (Å²) in [5, 5.41) is 6.02. The summed E-state index contributed by atoms with van der Waals surface area (Å²) in [6, 6.07) is 7.79. The van der Waals surface area contributed by atoms with E-state index in [9.17, 15) is 0 Å². The van der Waals surface area contributed by atoms with Gasteiger partial charge in [0.1, 0.15) is 5.15 Å². The van der Waals surface area contributed by atoms with E-state index in [2.05, 4.69) is 5.10 Å². The van der Waals surface area contributed by atoms with E-state index in [0.29, 0.717) is 10.2 Å². The summed E-state index contributed by atoms with van der Waals surface area (Å²) >= 11 is 12.7. The summed E-state index contributed by atoms with van der Waals surface area (Å²) in [7, 11) is 0. The van der Waals surface area contributed by atoms with Crippen molar-refractivity contribution in [3.63, 3.8) is 0 Å². The highest BCUT2D eigenvalue weighted by Gasteiger charge is 2.21. The highest BCUT2D eigenvalue weighted by atomic mass is 35.5.